The van der Waals surface area contributed by atoms with E-state index in [0.29, 0.717) is 0 Å². The molecule has 1 amide bonds. The predicted octanol–water partition coefficient (Wildman–Crippen LogP) is 0.917. The van der Waals surface area contributed by atoms with Crippen molar-refractivity contribution in [2.24, 2.45) is 0 Å². The van der Waals surface area contributed by atoms with Crippen LogP contribution in [0.15, 0.2) is 41.9 Å². The molecule has 104 valence electrons. The third-order valence-electron chi connectivity index (χ3n) is 2.50. The van der Waals surface area contributed by atoms with E-state index in [0.717, 1.165) is 0 Å². The molecule has 2 rings (SSSR count). The minimum Gasteiger partial charge on any atom is -0.305 e. The summed E-state index contributed by atoms with van der Waals surface area (Å²) in [7, 11) is -3.57. The molecular formula is C12H12N4O3S. The highest BCUT2D eigenvalue weighted by Crippen LogP contribution is 2.15. The van der Waals surface area contributed by atoms with E-state index in [1.165, 1.54) is 43.8 Å². The molecule has 2 aromatic heterocycles. The van der Waals surface area contributed by atoms with Gasteiger partial charge in [-0.2, -0.15) is 0 Å². The van der Waals surface area contributed by atoms with Crippen LogP contribution in [0.2, 0.25) is 0 Å². The number of hydrogen-bond acceptors (Lipinski definition) is 6. The second kappa shape index (κ2) is 5.74. The van der Waals surface area contributed by atoms with Crippen LogP contribution in [0.3, 0.4) is 0 Å². The molecule has 0 aliphatic heterocycles. The Hall–Kier alpha value is -2.35. The fourth-order valence-electron chi connectivity index (χ4n) is 1.50. The number of carbonyl (C=O) groups excluding carboxylic acids is 1. The predicted molar refractivity (Wildman–Crippen MR) is 71.9 cm³/mol. The van der Waals surface area contributed by atoms with Crippen molar-refractivity contribution in [1.82, 2.24) is 15.0 Å². The first-order valence-electron chi connectivity index (χ1n) is 5.79. The summed E-state index contributed by atoms with van der Waals surface area (Å²) >= 11 is 0. The molecule has 0 aliphatic carbocycles. The van der Waals surface area contributed by atoms with Crippen molar-refractivity contribution in [2.45, 2.75) is 11.9 Å². The summed E-state index contributed by atoms with van der Waals surface area (Å²) in [5.41, 5.74) is -0.0139. The molecule has 0 unspecified atom stereocenters. The smallest absolute Gasteiger partial charge is 0.259 e. The molecule has 0 saturated heterocycles. The zero-order valence-electron chi connectivity index (χ0n) is 10.6. The number of anilines is 1. The van der Waals surface area contributed by atoms with Gasteiger partial charge in [0.05, 0.1) is 17.5 Å². The summed E-state index contributed by atoms with van der Waals surface area (Å²) in [6.45, 7) is 1.49. The number of pyridine rings is 1. The molecule has 0 radical (unpaired) electrons. The van der Waals surface area contributed by atoms with Crippen LogP contribution in [0.1, 0.15) is 17.3 Å². The second-order valence-corrected chi connectivity index (χ2v) is 6.00. The van der Waals surface area contributed by atoms with Crippen molar-refractivity contribution in [1.29, 1.82) is 0 Å². The zero-order chi connectivity index (χ0) is 14.6. The van der Waals surface area contributed by atoms with Crippen molar-refractivity contribution in [3.63, 3.8) is 0 Å². The van der Waals surface area contributed by atoms with Gasteiger partial charge in [0, 0.05) is 18.6 Å². The maximum absolute atomic E-state index is 12.1. The third kappa shape index (κ3) is 2.97. The maximum atomic E-state index is 12.1. The van der Waals surface area contributed by atoms with E-state index in [-0.39, 0.29) is 22.2 Å². The number of nitrogens with one attached hydrogen (secondary N) is 1. The lowest BCUT2D eigenvalue weighted by molar-refractivity contribution is 0.102. The van der Waals surface area contributed by atoms with Gasteiger partial charge >= 0.3 is 0 Å². The van der Waals surface area contributed by atoms with Gasteiger partial charge in [-0.3, -0.25) is 9.78 Å². The first-order valence-corrected chi connectivity index (χ1v) is 7.45. The SMILES string of the molecule is CCS(=O)(=O)c1ncccc1C(=O)Nc1cnccn1. The van der Waals surface area contributed by atoms with Crippen molar-refractivity contribution in [3.05, 3.63) is 42.5 Å². The molecule has 7 nitrogen and oxygen atoms in total. The zero-order valence-corrected chi connectivity index (χ0v) is 11.5. The fraction of sp³-hybridized carbons (Fsp3) is 0.167. The van der Waals surface area contributed by atoms with Gasteiger partial charge in [-0.1, -0.05) is 6.92 Å². The Morgan fingerprint density at radius 1 is 1.25 bits per heavy atom. The molecule has 20 heavy (non-hydrogen) atoms. The van der Waals surface area contributed by atoms with Gasteiger partial charge < -0.3 is 5.32 Å². The summed E-state index contributed by atoms with van der Waals surface area (Å²) in [5.74, 6) is -0.484. The largest absolute Gasteiger partial charge is 0.305 e. The summed E-state index contributed by atoms with van der Waals surface area (Å²) in [6, 6.07) is 2.90. The van der Waals surface area contributed by atoms with Crippen LogP contribution < -0.4 is 5.32 Å². The average Bonchev–Trinajstić information content (AvgIpc) is 2.48. The maximum Gasteiger partial charge on any atom is 0.259 e. The van der Waals surface area contributed by atoms with E-state index in [2.05, 4.69) is 20.3 Å². The number of aromatic nitrogens is 3. The lowest BCUT2D eigenvalue weighted by Gasteiger charge is -2.08. The molecule has 2 aromatic rings. The van der Waals surface area contributed by atoms with Gasteiger partial charge in [0.25, 0.3) is 5.91 Å². The van der Waals surface area contributed by atoms with E-state index in [1.807, 2.05) is 0 Å². The molecule has 0 saturated carbocycles. The first kappa shape index (κ1) is 14.1. The summed E-state index contributed by atoms with van der Waals surface area (Å²) < 4.78 is 23.8. The number of sulfone groups is 1. The minimum absolute atomic E-state index is 0.0139. The Morgan fingerprint density at radius 2 is 2.05 bits per heavy atom. The van der Waals surface area contributed by atoms with Gasteiger partial charge in [-0.05, 0) is 12.1 Å². The van der Waals surface area contributed by atoms with E-state index in [4.69, 9.17) is 0 Å². The Labute approximate surface area is 116 Å². The molecule has 0 bridgehead atoms. The normalized spacial score (nSPS) is 11.1. The second-order valence-electron chi connectivity index (χ2n) is 3.80. The van der Waals surface area contributed by atoms with E-state index in [9.17, 15) is 13.2 Å². The van der Waals surface area contributed by atoms with Crippen LogP contribution in [-0.2, 0) is 9.84 Å². The number of hydrogen-bond donors (Lipinski definition) is 1. The molecule has 2 heterocycles. The van der Waals surface area contributed by atoms with Crippen LogP contribution in [-0.4, -0.2) is 35.0 Å². The standard InChI is InChI=1S/C12H12N4O3S/c1-2-20(18,19)12-9(4-3-5-15-12)11(17)16-10-8-13-6-7-14-10/h3-8H,2H2,1H3,(H,14,16,17). The lowest BCUT2D eigenvalue weighted by atomic mass is 10.2. The number of nitrogens with zero attached hydrogens (tertiary/aromatic N) is 3. The van der Waals surface area contributed by atoms with Gasteiger partial charge in [0.15, 0.2) is 20.7 Å². The van der Waals surface area contributed by atoms with E-state index < -0.39 is 15.7 Å². The average molecular weight is 292 g/mol. The Kier molecular flexibility index (Phi) is 4.04. The summed E-state index contributed by atoms with van der Waals surface area (Å²) in [5, 5.41) is 2.25. The minimum atomic E-state index is -3.57. The van der Waals surface area contributed by atoms with Crippen LogP contribution in [0.5, 0.6) is 0 Å². The molecular weight excluding hydrogens is 280 g/mol. The molecule has 1 N–H and O–H groups in total. The molecule has 0 aliphatic rings. The number of rotatable bonds is 4. The summed E-state index contributed by atoms with van der Waals surface area (Å²) in [6.07, 6.45) is 5.58. The van der Waals surface area contributed by atoms with Gasteiger partial charge in [-0.25, -0.2) is 18.4 Å². The van der Waals surface area contributed by atoms with Crippen LogP contribution in [0.4, 0.5) is 5.82 Å². The highest BCUT2D eigenvalue weighted by Gasteiger charge is 2.22. The molecule has 0 fully saturated rings. The Balaban J connectivity index is 2.36. The van der Waals surface area contributed by atoms with Crippen molar-refractivity contribution >= 4 is 21.6 Å². The van der Waals surface area contributed by atoms with Crippen LogP contribution in [0, 0.1) is 0 Å². The highest BCUT2D eigenvalue weighted by molar-refractivity contribution is 7.91. The molecule has 0 atom stereocenters. The fourth-order valence-corrected chi connectivity index (χ4v) is 2.49. The van der Waals surface area contributed by atoms with Gasteiger partial charge in [0.2, 0.25) is 0 Å². The summed E-state index contributed by atoms with van der Waals surface area (Å²) in [4.78, 5) is 23.6. The van der Waals surface area contributed by atoms with Gasteiger partial charge in [0.1, 0.15) is 0 Å². The third-order valence-corrected chi connectivity index (χ3v) is 4.17. The molecule has 0 spiro atoms. The van der Waals surface area contributed by atoms with Crippen LogP contribution >= 0.6 is 0 Å². The first-order chi connectivity index (χ1) is 9.54. The van der Waals surface area contributed by atoms with Gasteiger partial charge in [-0.15, -0.1) is 0 Å². The number of carbonyl (C=O) groups is 1. The Bertz CT molecular complexity index is 716. The van der Waals surface area contributed by atoms with Crippen molar-refractivity contribution in [3.8, 4) is 0 Å². The molecule has 0 aromatic carbocycles. The van der Waals surface area contributed by atoms with Crippen LogP contribution in [0.25, 0.3) is 0 Å². The Morgan fingerprint density at radius 3 is 2.70 bits per heavy atom. The quantitative estimate of drug-likeness (QED) is 0.899. The molecule has 8 heteroatoms. The lowest BCUT2D eigenvalue weighted by Crippen LogP contribution is -2.19. The van der Waals surface area contributed by atoms with Crippen molar-refractivity contribution in [2.75, 3.05) is 11.1 Å². The van der Waals surface area contributed by atoms with Crippen molar-refractivity contribution < 1.29 is 13.2 Å². The van der Waals surface area contributed by atoms with E-state index in [1.54, 1.807) is 0 Å². The topological polar surface area (TPSA) is 102 Å². The number of amides is 1. The van der Waals surface area contributed by atoms with E-state index >= 15 is 0 Å². The monoisotopic (exact) mass is 292 g/mol. The highest BCUT2D eigenvalue weighted by atomic mass is 32.2.